The Labute approximate surface area is 190 Å². The minimum absolute atomic E-state index is 0.124. The molecule has 0 radical (unpaired) electrons. The summed E-state index contributed by atoms with van der Waals surface area (Å²) in [4.78, 5) is 25.0. The molecule has 0 fully saturated rings. The van der Waals surface area contributed by atoms with Crippen LogP contribution in [0.5, 0.6) is 0 Å². The highest BCUT2D eigenvalue weighted by atomic mass is 16.3. The number of amides is 1. The van der Waals surface area contributed by atoms with Crippen LogP contribution in [0.4, 0.5) is 5.82 Å². The predicted molar refractivity (Wildman–Crippen MR) is 127 cm³/mol. The van der Waals surface area contributed by atoms with Crippen molar-refractivity contribution in [1.82, 2.24) is 25.3 Å². The molecule has 0 bridgehead atoms. The molecule has 2 aromatic heterocycles. The average Bonchev–Trinajstić information content (AvgIpc) is 3.23. The summed E-state index contributed by atoms with van der Waals surface area (Å²) in [6, 6.07) is 12.9. The second-order valence-corrected chi connectivity index (χ2v) is 8.18. The van der Waals surface area contributed by atoms with Crippen molar-refractivity contribution >= 4 is 22.6 Å². The Morgan fingerprint density at radius 1 is 1.21 bits per heavy atom. The molecule has 9 nitrogen and oxygen atoms in total. The van der Waals surface area contributed by atoms with Gasteiger partial charge in [-0.3, -0.25) is 14.3 Å². The fourth-order valence-corrected chi connectivity index (χ4v) is 3.75. The number of rotatable bonds is 6. The van der Waals surface area contributed by atoms with Crippen molar-refractivity contribution in [3.8, 4) is 11.3 Å². The standard InChI is InChI=1S/C24H26N6O3/c1-13-4-5-14(2)18(10-13)23(32)26-11-16-6-8-17(9-7-16)20-19-21(24(33)28-27-22(19)25)30(29-20)15(3)12-31/h4-10,15,31H,11-12H2,1-3H3,(H2,25,27)(H,26,32)(H,28,33). The lowest BCUT2D eigenvalue weighted by Crippen LogP contribution is -2.23. The van der Waals surface area contributed by atoms with Crippen LogP contribution < -0.4 is 16.6 Å². The highest BCUT2D eigenvalue weighted by Gasteiger charge is 2.21. The highest BCUT2D eigenvalue weighted by Crippen LogP contribution is 2.31. The summed E-state index contributed by atoms with van der Waals surface area (Å²) in [6.07, 6.45) is 0. The zero-order valence-electron chi connectivity index (χ0n) is 18.7. The van der Waals surface area contributed by atoms with E-state index in [0.717, 1.165) is 22.3 Å². The maximum Gasteiger partial charge on any atom is 0.290 e. The van der Waals surface area contributed by atoms with Gasteiger partial charge in [0.1, 0.15) is 11.2 Å². The minimum Gasteiger partial charge on any atom is -0.394 e. The van der Waals surface area contributed by atoms with Gasteiger partial charge in [-0.15, -0.1) is 0 Å². The first-order chi connectivity index (χ1) is 15.8. The molecule has 1 amide bonds. The Hall–Kier alpha value is -3.98. The van der Waals surface area contributed by atoms with Crippen LogP contribution in [0.3, 0.4) is 0 Å². The minimum atomic E-state index is -0.427. The second-order valence-electron chi connectivity index (χ2n) is 8.18. The third-order valence-electron chi connectivity index (χ3n) is 5.66. The largest absolute Gasteiger partial charge is 0.394 e. The van der Waals surface area contributed by atoms with Crippen molar-refractivity contribution in [3.05, 3.63) is 75.1 Å². The Balaban J connectivity index is 1.61. The Morgan fingerprint density at radius 3 is 2.64 bits per heavy atom. The number of aromatic nitrogens is 4. The van der Waals surface area contributed by atoms with E-state index in [1.807, 2.05) is 56.3 Å². The molecule has 1 atom stereocenters. The van der Waals surface area contributed by atoms with E-state index in [9.17, 15) is 14.7 Å². The molecule has 0 aliphatic rings. The summed E-state index contributed by atoms with van der Waals surface area (Å²) in [7, 11) is 0. The lowest BCUT2D eigenvalue weighted by molar-refractivity contribution is 0.0950. The fourth-order valence-electron chi connectivity index (χ4n) is 3.75. The van der Waals surface area contributed by atoms with Crippen LogP contribution in [0.25, 0.3) is 22.2 Å². The van der Waals surface area contributed by atoms with Crippen LogP contribution in [-0.2, 0) is 6.54 Å². The van der Waals surface area contributed by atoms with Crippen molar-refractivity contribution < 1.29 is 9.90 Å². The van der Waals surface area contributed by atoms with E-state index in [-0.39, 0.29) is 23.8 Å². The molecule has 5 N–H and O–H groups in total. The monoisotopic (exact) mass is 446 g/mol. The number of aliphatic hydroxyl groups is 1. The number of anilines is 1. The number of aromatic amines is 1. The number of aliphatic hydroxyl groups excluding tert-OH is 1. The van der Waals surface area contributed by atoms with Crippen molar-refractivity contribution in [1.29, 1.82) is 0 Å². The van der Waals surface area contributed by atoms with Crippen molar-refractivity contribution in [2.24, 2.45) is 0 Å². The molecule has 1 unspecified atom stereocenters. The molecule has 0 aliphatic heterocycles. The predicted octanol–water partition coefficient (Wildman–Crippen LogP) is 2.47. The second kappa shape index (κ2) is 8.87. The summed E-state index contributed by atoms with van der Waals surface area (Å²) in [5, 5.41) is 23.8. The van der Waals surface area contributed by atoms with Crippen molar-refractivity contribution in [2.75, 3.05) is 12.3 Å². The van der Waals surface area contributed by atoms with Gasteiger partial charge in [0.15, 0.2) is 5.82 Å². The first kappa shape index (κ1) is 22.2. The van der Waals surface area contributed by atoms with E-state index in [2.05, 4.69) is 20.6 Å². The molecule has 2 heterocycles. The molecule has 0 aliphatic carbocycles. The number of hydrogen-bond donors (Lipinski definition) is 4. The van der Waals surface area contributed by atoms with Crippen LogP contribution in [0.1, 0.15) is 40.0 Å². The third kappa shape index (κ3) is 4.22. The number of carbonyl (C=O) groups is 1. The van der Waals surface area contributed by atoms with Gasteiger partial charge in [0.05, 0.1) is 18.0 Å². The number of hydrogen-bond acceptors (Lipinski definition) is 6. The quantitative estimate of drug-likeness (QED) is 0.359. The molecule has 2 aromatic carbocycles. The SMILES string of the molecule is Cc1ccc(C)c(C(=O)NCc2ccc(-c3nn(C(C)CO)c4c(=O)[nH]nc(N)c34)cc2)c1. The maximum absolute atomic E-state index is 12.6. The molecule has 33 heavy (non-hydrogen) atoms. The van der Waals surface area contributed by atoms with Crippen LogP contribution in [-0.4, -0.2) is 37.6 Å². The van der Waals surface area contributed by atoms with Gasteiger partial charge in [-0.25, -0.2) is 5.10 Å². The summed E-state index contributed by atoms with van der Waals surface area (Å²) in [6.45, 7) is 5.81. The van der Waals surface area contributed by atoms with Crippen molar-refractivity contribution in [2.45, 2.75) is 33.4 Å². The van der Waals surface area contributed by atoms with E-state index in [1.54, 1.807) is 6.92 Å². The first-order valence-electron chi connectivity index (χ1n) is 10.6. The zero-order valence-corrected chi connectivity index (χ0v) is 18.7. The molecule has 4 rings (SSSR count). The van der Waals surface area contributed by atoms with E-state index < -0.39 is 11.6 Å². The molecular weight excluding hydrogens is 420 g/mol. The number of nitrogens with two attached hydrogens (primary N) is 1. The number of aryl methyl sites for hydroxylation is 2. The Morgan fingerprint density at radius 2 is 1.94 bits per heavy atom. The van der Waals surface area contributed by atoms with Gasteiger partial charge >= 0.3 is 0 Å². The number of H-pyrrole nitrogens is 1. The van der Waals surface area contributed by atoms with Gasteiger partial charge < -0.3 is 16.2 Å². The molecule has 4 aromatic rings. The van der Waals surface area contributed by atoms with E-state index >= 15 is 0 Å². The molecular formula is C24H26N6O3. The van der Waals surface area contributed by atoms with Crippen LogP contribution >= 0.6 is 0 Å². The Bertz CT molecular complexity index is 1390. The smallest absolute Gasteiger partial charge is 0.290 e. The fraction of sp³-hybridized carbons (Fsp3) is 0.250. The number of fused-ring (bicyclic) bond motifs is 1. The molecule has 9 heteroatoms. The van der Waals surface area contributed by atoms with Gasteiger partial charge in [0.2, 0.25) is 0 Å². The van der Waals surface area contributed by atoms with E-state index in [0.29, 0.717) is 23.2 Å². The maximum atomic E-state index is 12.6. The topological polar surface area (TPSA) is 139 Å². The van der Waals surface area contributed by atoms with Crippen molar-refractivity contribution in [3.63, 3.8) is 0 Å². The number of nitrogens with one attached hydrogen (secondary N) is 2. The molecule has 0 spiro atoms. The molecule has 0 saturated carbocycles. The Kier molecular flexibility index (Phi) is 5.97. The molecule has 0 saturated heterocycles. The number of carbonyl (C=O) groups excluding carboxylic acids is 1. The highest BCUT2D eigenvalue weighted by molar-refractivity contribution is 5.99. The van der Waals surface area contributed by atoms with Crippen LogP contribution in [0.2, 0.25) is 0 Å². The third-order valence-corrected chi connectivity index (χ3v) is 5.66. The molecule has 170 valence electrons. The van der Waals surface area contributed by atoms with Gasteiger partial charge in [-0.05, 0) is 38.0 Å². The number of benzene rings is 2. The average molecular weight is 447 g/mol. The summed E-state index contributed by atoms with van der Waals surface area (Å²) in [5.41, 5.74) is 10.7. The lowest BCUT2D eigenvalue weighted by Gasteiger charge is -2.09. The van der Waals surface area contributed by atoms with E-state index in [4.69, 9.17) is 5.73 Å². The van der Waals surface area contributed by atoms with Crippen LogP contribution in [0, 0.1) is 13.8 Å². The van der Waals surface area contributed by atoms with E-state index in [1.165, 1.54) is 4.68 Å². The van der Waals surface area contributed by atoms with Gasteiger partial charge in [-0.2, -0.15) is 10.2 Å². The van der Waals surface area contributed by atoms with Gasteiger partial charge in [0, 0.05) is 17.7 Å². The first-order valence-corrected chi connectivity index (χ1v) is 10.6. The normalized spacial score (nSPS) is 12.1. The van der Waals surface area contributed by atoms with Gasteiger partial charge in [0.25, 0.3) is 11.5 Å². The number of nitrogens with zero attached hydrogens (tertiary/aromatic N) is 3. The van der Waals surface area contributed by atoms with Crippen LogP contribution in [0.15, 0.2) is 47.3 Å². The lowest BCUT2D eigenvalue weighted by atomic mass is 10.0. The summed E-state index contributed by atoms with van der Waals surface area (Å²) < 4.78 is 1.47. The summed E-state index contributed by atoms with van der Waals surface area (Å²) in [5.74, 6) is 0.0296. The van der Waals surface area contributed by atoms with Gasteiger partial charge in [-0.1, -0.05) is 42.0 Å². The summed E-state index contributed by atoms with van der Waals surface area (Å²) >= 11 is 0. The zero-order chi connectivity index (χ0) is 23.7. The number of nitrogen functional groups attached to an aromatic ring is 1.